The Morgan fingerprint density at radius 2 is 2.05 bits per heavy atom. The summed E-state index contributed by atoms with van der Waals surface area (Å²) in [5, 5.41) is 10.2. The topological polar surface area (TPSA) is 62.9 Å². The Bertz CT molecular complexity index is 698. The van der Waals surface area contributed by atoms with Gasteiger partial charge in [-0.05, 0) is 30.5 Å². The van der Waals surface area contributed by atoms with E-state index in [1.165, 1.54) is 5.56 Å². The molecule has 5 nitrogen and oxygen atoms in total. The summed E-state index contributed by atoms with van der Waals surface area (Å²) in [5.74, 6) is -0.960. The summed E-state index contributed by atoms with van der Waals surface area (Å²) in [6.45, 7) is 8.15. The summed E-state index contributed by atoms with van der Waals surface area (Å²) in [5.41, 5.74) is 3.69. The molecule has 0 spiro atoms. The van der Waals surface area contributed by atoms with E-state index in [4.69, 9.17) is 9.15 Å². The lowest BCUT2D eigenvalue weighted by Crippen LogP contribution is -2.35. The number of rotatable bonds is 4. The van der Waals surface area contributed by atoms with Crippen LogP contribution in [0.3, 0.4) is 0 Å². The Labute approximate surface area is 129 Å². The van der Waals surface area contributed by atoms with Crippen LogP contribution in [0, 0.1) is 6.92 Å². The molecule has 1 fully saturated rings. The normalized spacial score (nSPS) is 16.3. The molecule has 0 aliphatic carbocycles. The fourth-order valence-electron chi connectivity index (χ4n) is 3.03. The second kappa shape index (κ2) is 6.10. The molecule has 1 N–H and O–H groups in total. The van der Waals surface area contributed by atoms with Crippen molar-refractivity contribution in [1.82, 2.24) is 4.90 Å². The molecular formula is C17H21NO4. The fourth-order valence-corrected chi connectivity index (χ4v) is 3.03. The van der Waals surface area contributed by atoms with Crippen LogP contribution in [-0.4, -0.2) is 42.3 Å². The van der Waals surface area contributed by atoms with Crippen molar-refractivity contribution in [2.75, 3.05) is 26.3 Å². The molecule has 2 aromatic rings. The summed E-state index contributed by atoms with van der Waals surface area (Å²) in [4.78, 5) is 13.6. The van der Waals surface area contributed by atoms with Crippen LogP contribution >= 0.6 is 0 Å². The number of benzene rings is 1. The van der Waals surface area contributed by atoms with Gasteiger partial charge in [-0.25, -0.2) is 4.79 Å². The fraction of sp³-hybridized carbons (Fsp3) is 0.471. The molecule has 0 bridgehead atoms. The Balaban J connectivity index is 2.01. The van der Waals surface area contributed by atoms with Crippen molar-refractivity contribution in [3.05, 3.63) is 34.6 Å². The molecule has 3 rings (SSSR count). The number of furan rings is 1. The highest BCUT2D eigenvalue weighted by Crippen LogP contribution is 2.30. The van der Waals surface area contributed by atoms with Crippen LogP contribution in [0.2, 0.25) is 0 Å². The number of ether oxygens (including phenoxy) is 1. The highest BCUT2D eigenvalue weighted by Gasteiger charge is 2.20. The van der Waals surface area contributed by atoms with Gasteiger partial charge in [-0.15, -0.1) is 0 Å². The van der Waals surface area contributed by atoms with Crippen molar-refractivity contribution in [1.29, 1.82) is 0 Å². The van der Waals surface area contributed by atoms with Gasteiger partial charge in [0.1, 0.15) is 5.58 Å². The third-order valence-corrected chi connectivity index (χ3v) is 4.26. The summed E-state index contributed by atoms with van der Waals surface area (Å²) in [6.07, 6.45) is 0.819. The van der Waals surface area contributed by atoms with Crippen LogP contribution in [-0.2, 0) is 17.7 Å². The lowest BCUT2D eigenvalue weighted by Gasteiger charge is -2.26. The van der Waals surface area contributed by atoms with Crippen LogP contribution in [0.4, 0.5) is 0 Å². The Hall–Kier alpha value is -1.85. The highest BCUT2D eigenvalue weighted by atomic mass is 16.5. The van der Waals surface area contributed by atoms with E-state index in [0.29, 0.717) is 11.1 Å². The minimum atomic E-state index is -1.01. The first-order valence-electron chi connectivity index (χ1n) is 7.68. The van der Waals surface area contributed by atoms with E-state index in [1.54, 1.807) is 0 Å². The number of carboxylic acid groups (broad SMARTS) is 1. The zero-order chi connectivity index (χ0) is 15.7. The van der Waals surface area contributed by atoms with Gasteiger partial charge in [-0.1, -0.05) is 13.0 Å². The number of carboxylic acids is 1. The summed E-state index contributed by atoms with van der Waals surface area (Å²) < 4.78 is 11.0. The number of aryl methyl sites for hydroxylation is 2. The summed E-state index contributed by atoms with van der Waals surface area (Å²) in [6, 6.07) is 4.20. The zero-order valence-electron chi connectivity index (χ0n) is 13.0. The van der Waals surface area contributed by atoms with Gasteiger partial charge >= 0.3 is 5.97 Å². The summed E-state index contributed by atoms with van der Waals surface area (Å²) >= 11 is 0. The molecule has 1 aromatic heterocycles. The van der Waals surface area contributed by atoms with E-state index in [1.807, 2.05) is 6.92 Å². The second-order valence-corrected chi connectivity index (χ2v) is 5.74. The smallest absolute Gasteiger partial charge is 0.372 e. The van der Waals surface area contributed by atoms with Crippen LogP contribution in [0.5, 0.6) is 0 Å². The molecule has 0 unspecified atom stereocenters. The van der Waals surface area contributed by atoms with Gasteiger partial charge in [-0.3, -0.25) is 4.90 Å². The molecule has 1 saturated heterocycles. The van der Waals surface area contributed by atoms with Gasteiger partial charge in [0.05, 0.1) is 13.2 Å². The lowest BCUT2D eigenvalue weighted by molar-refractivity contribution is 0.0342. The quantitative estimate of drug-likeness (QED) is 0.941. The maximum absolute atomic E-state index is 11.3. The van der Waals surface area contributed by atoms with Crippen molar-refractivity contribution in [3.8, 4) is 0 Å². The molecule has 2 heterocycles. The Morgan fingerprint density at radius 1 is 1.32 bits per heavy atom. The van der Waals surface area contributed by atoms with Gasteiger partial charge in [0.15, 0.2) is 0 Å². The van der Waals surface area contributed by atoms with E-state index in [0.717, 1.165) is 50.2 Å². The first-order chi connectivity index (χ1) is 10.6. The van der Waals surface area contributed by atoms with Crippen molar-refractivity contribution in [3.63, 3.8) is 0 Å². The third-order valence-electron chi connectivity index (χ3n) is 4.26. The maximum Gasteiger partial charge on any atom is 0.372 e. The van der Waals surface area contributed by atoms with Crippen molar-refractivity contribution < 1.29 is 19.1 Å². The maximum atomic E-state index is 11.3. The monoisotopic (exact) mass is 303 g/mol. The lowest BCUT2D eigenvalue weighted by atomic mass is 10.0. The number of nitrogens with zero attached hydrogens (tertiary/aromatic N) is 1. The molecule has 0 saturated carbocycles. The van der Waals surface area contributed by atoms with Crippen LogP contribution in [0.25, 0.3) is 11.0 Å². The number of morpholine rings is 1. The molecule has 22 heavy (non-hydrogen) atoms. The standard InChI is InChI=1S/C17H21NO4/c1-3-13-8-12(10-18-4-6-21-7-5-18)9-14-11(2)15(17(19)20)22-16(13)14/h8-9H,3-7,10H2,1-2H3,(H,19,20). The highest BCUT2D eigenvalue weighted by molar-refractivity contribution is 5.96. The van der Waals surface area contributed by atoms with Crippen LogP contribution in [0.1, 0.15) is 34.2 Å². The SMILES string of the molecule is CCc1cc(CN2CCOCC2)cc2c(C)c(C(=O)O)oc12. The van der Waals surface area contributed by atoms with E-state index in [9.17, 15) is 9.90 Å². The molecule has 0 atom stereocenters. The van der Waals surface area contributed by atoms with Gasteiger partial charge in [-0.2, -0.15) is 0 Å². The predicted octanol–water partition coefficient (Wildman–Crippen LogP) is 2.83. The molecule has 5 heteroatoms. The molecule has 0 amide bonds. The molecule has 0 radical (unpaired) electrons. The van der Waals surface area contributed by atoms with Gasteiger partial charge in [0.25, 0.3) is 0 Å². The van der Waals surface area contributed by atoms with E-state index in [2.05, 4.69) is 24.0 Å². The number of hydrogen-bond acceptors (Lipinski definition) is 4. The van der Waals surface area contributed by atoms with Crippen molar-refractivity contribution in [2.24, 2.45) is 0 Å². The minimum absolute atomic E-state index is 0.0493. The van der Waals surface area contributed by atoms with Crippen LogP contribution < -0.4 is 0 Å². The van der Waals surface area contributed by atoms with Crippen molar-refractivity contribution in [2.45, 2.75) is 26.8 Å². The molecule has 118 valence electrons. The Morgan fingerprint density at radius 3 is 2.68 bits per heavy atom. The first-order valence-corrected chi connectivity index (χ1v) is 7.68. The number of fused-ring (bicyclic) bond motifs is 1. The first kappa shape index (κ1) is 15.1. The van der Waals surface area contributed by atoms with Gasteiger partial charge in [0.2, 0.25) is 5.76 Å². The summed E-state index contributed by atoms with van der Waals surface area (Å²) in [7, 11) is 0. The Kier molecular flexibility index (Phi) is 4.18. The third kappa shape index (κ3) is 2.74. The largest absolute Gasteiger partial charge is 0.475 e. The molecule has 1 aliphatic heterocycles. The number of carbonyl (C=O) groups is 1. The molecular weight excluding hydrogens is 282 g/mol. The number of hydrogen-bond donors (Lipinski definition) is 1. The van der Waals surface area contributed by atoms with Crippen LogP contribution in [0.15, 0.2) is 16.5 Å². The van der Waals surface area contributed by atoms with E-state index in [-0.39, 0.29) is 5.76 Å². The van der Waals surface area contributed by atoms with Gasteiger partial charge in [0, 0.05) is 30.6 Å². The average molecular weight is 303 g/mol. The van der Waals surface area contributed by atoms with Gasteiger partial charge < -0.3 is 14.3 Å². The molecule has 1 aromatic carbocycles. The molecule has 1 aliphatic rings. The second-order valence-electron chi connectivity index (χ2n) is 5.74. The van der Waals surface area contributed by atoms with E-state index >= 15 is 0 Å². The predicted molar refractivity (Wildman–Crippen MR) is 83.4 cm³/mol. The van der Waals surface area contributed by atoms with E-state index < -0.39 is 5.97 Å². The van der Waals surface area contributed by atoms with Crippen molar-refractivity contribution >= 4 is 16.9 Å². The zero-order valence-corrected chi connectivity index (χ0v) is 13.0. The average Bonchev–Trinajstić information content (AvgIpc) is 2.85. The minimum Gasteiger partial charge on any atom is -0.475 e. The number of aromatic carboxylic acids is 1.